The fraction of sp³-hybridized carbons (Fsp3) is 0.222. The summed E-state index contributed by atoms with van der Waals surface area (Å²) >= 11 is 0. The van der Waals surface area contributed by atoms with Gasteiger partial charge in [-0.05, 0) is 149 Å². The van der Waals surface area contributed by atoms with Crippen molar-refractivity contribution in [1.29, 1.82) is 0 Å². The van der Waals surface area contributed by atoms with E-state index in [1.54, 1.807) is 0 Å². The molecular formula is C72H80O8Si8. The second-order valence-corrected chi connectivity index (χ2v) is 55.8. The van der Waals surface area contributed by atoms with Crippen LogP contribution in [-0.2, 0) is 58.6 Å². The van der Waals surface area contributed by atoms with Crippen molar-refractivity contribution in [3.63, 3.8) is 0 Å². The molecule has 1 aliphatic rings. The van der Waals surface area contributed by atoms with E-state index in [4.69, 9.17) is 32.9 Å². The third-order valence-electron chi connectivity index (χ3n) is 13.3. The van der Waals surface area contributed by atoms with E-state index >= 15 is 0 Å². The molecule has 9 rings (SSSR count). The molecule has 1 saturated heterocycles. The first-order valence-electron chi connectivity index (χ1n) is 30.0. The highest BCUT2D eigenvalue weighted by molar-refractivity contribution is 7.06. The van der Waals surface area contributed by atoms with E-state index in [0.29, 0.717) is 46.4 Å². The van der Waals surface area contributed by atoms with E-state index in [2.05, 4.69) is 174 Å². The molecule has 8 aromatic carbocycles. The van der Waals surface area contributed by atoms with Crippen LogP contribution in [0.2, 0.25) is 78.6 Å². The molecule has 88 heavy (non-hydrogen) atoms. The van der Waals surface area contributed by atoms with Gasteiger partial charge < -0.3 is 32.9 Å². The summed E-state index contributed by atoms with van der Waals surface area (Å²) in [6, 6.07) is 73.7. The average Bonchev–Trinajstić information content (AvgIpc) is 0.723. The standard InChI is InChI=1S/C72H80O8Si8/c1-81(2,3)73-85(69-53-45-65(46-54-69)41-25-37-61-29-17-13-18-30-61)77-86(74-82(4,5)6,70-55-47-66(48-56-70)42-26-38-62-31-19-14-20-32-62)79-88(76-84(10,11)12,72-59-51-68(52-60-72)44-28-40-64-35-23-16-24-36-64)80-87(78-85,75-83(7,8)9)71-57-49-67(50-58-71)43-27-39-63-33-21-15-22-34-63/h13-24,29-36,45-60H,37-40H2,1-12H3. The van der Waals surface area contributed by atoms with Gasteiger partial charge in [0.25, 0.3) is 0 Å². The largest absolute Gasteiger partial charge is 0.512 e. The summed E-state index contributed by atoms with van der Waals surface area (Å²) < 4.78 is 64.9. The molecule has 0 N–H and O–H groups in total. The van der Waals surface area contributed by atoms with Crippen molar-refractivity contribution in [2.24, 2.45) is 0 Å². The van der Waals surface area contributed by atoms with Gasteiger partial charge in [0.2, 0.25) is 0 Å². The third kappa shape index (κ3) is 18.7. The number of hydrogen-bond donors (Lipinski definition) is 0. The minimum absolute atomic E-state index is 0.607. The van der Waals surface area contributed by atoms with Gasteiger partial charge >= 0.3 is 35.2 Å². The van der Waals surface area contributed by atoms with E-state index < -0.39 is 68.5 Å². The number of rotatable bonds is 16. The maximum absolute atomic E-state index is 8.37. The van der Waals surface area contributed by atoms with Gasteiger partial charge in [0.1, 0.15) is 0 Å². The molecule has 0 spiro atoms. The molecule has 448 valence electrons. The summed E-state index contributed by atoms with van der Waals surface area (Å²) in [5.41, 5.74) is 7.89. The average molecular weight is 1300 g/mol. The summed E-state index contributed by atoms with van der Waals surface area (Å²) in [6.07, 6.45) is 2.43. The van der Waals surface area contributed by atoms with E-state index in [-0.39, 0.29) is 0 Å². The highest BCUT2D eigenvalue weighted by atomic mass is 28.6. The van der Waals surface area contributed by atoms with Crippen molar-refractivity contribution in [2.45, 2.75) is 104 Å². The Kier molecular flexibility index (Phi) is 21.3. The topological polar surface area (TPSA) is 73.8 Å². The molecule has 0 aliphatic carbocycles. The maximum atomic E-state index is 8.37. The molecule has 0 bridgehead atoms. The fourth-order valence-electron chi connectivity index (χ4n) is 9.68. The van der Waals surface area contributed by atoms with Crippen molar-refractivity contribution in [2.75, 3.05) is 0 Å². The lowest BCUT2D eigenvalue weighted by Crippen LogP contribution is -2.84. The van der Waals surface area contributed by atoms with Crippen LogP contribution in [0.1, 0.15) is 44.5 Å². The predicted octanol–water partition coefficient (Wildman–Crippen LogP) is 13.2. The zero-order chi connectivity index (χ0) is 62.5. The van der Waals surface area contributed by atoms with E-state index in [0.717, 1.165) is 44.5 Å². The van der Waals surface area contributed by atoms with E-state index in [1.807, 2.05) is 170 Å². The first kappa shape index (κ1) is 65.9. The minimum atomic E-state index is -4.55. The van der Waals surface area contributed by atoms with Gasteiger partial charge in [-0.1, -0.05) is 217 Å². The molecule has 8 aromatic rings. The van der Waals surface area contributed by atoms with Crippen LogP contribution in [0.5, 0.6) is 0 Å². The molecule has 8 nitrogen and oxygen atoms in total. The van der Waals surface area contributed by atoms with Crippen molar-refractivity contribution in [1.82, 2.24) is 0 Å². The van der Waals surface area contributed by atoms with Crippen LogP contribution in [0.25, 0.3) is 0 Å². The highest BCUT2D eigenvalue weighted by Crippen LogP contribution is 2.38. The SMILES string of the molecule is C[Si](C)(C)O[Si]1(c2ccc(C#CCc3ccccc3)cc2)O[Si](O[Si](C)(C)C)(c2ccc(C#CCc3ccccc3)cc2)O[Si](O[Si](C)(C)C)(c2ccc(C#CCc3ccccc3)cc2)O[Si](O[Si](C)(C)C)(c2ccc(C#CCc3ccccc3)cc2)O1. The number of benzene rings is 8. The Bertz CT molecular complexity index is 3330. The summed E-state index contributed by atoms with van der Waals surface area (Å²) in [5, 5.41) is 2.75. The molecule has 1 aliphatic heterocycles. The smallest absolute Gasteiger partial charge is 0.413 e. The van der Waals surface area contributed by atoms with Crippen LogP contribution in [-0.4, -0.2) is 68.5 Å². The summed E-state index contributed by atoms with van der Waals surface area (Å²) in [6.45, 7) is 25.9. The van der Waals surface area contributed by atoms with E-state index in [1.165, 1.54) is 0 Å². The number of hydrogen-bond acceptors (Lipinski definition) is 8. The van der Waals surface area contributed by atoms with Crippen molar-refractivity contribution >= 4 is 89.2 Å². The van der Waals surface area contributed by atoms with Crippen molar-refractivity contribution < 1.29 is 32.9 Å². The maximum Gasteiger partial charge on any atom is 0.512 e. The zero-order valence-corrected chi connectivity index (χ0v) is 60.9. The van der Waals surface area contributed by atoms with Gasteiger partial charge in [-0.2, -0.15) is 0 Å². The lowest BCUT2D eigenvalue weighted by Gasteiger charge is -2.53. The lowest BCUT2D eigenvalue weighted by atomic mass is 10.1. The second-order valence-electron chi connectivity index (χ2n) is 25.7. The van der Waals surface area contributed by atoms with Crippen LogP contribution >= 0.6 is 0 Å². The molecule has 0 radical (unpaired) electrons. The van der Waals surface area contributed by atoms with Crippen LogP contribution in [0, 0.1) is 47.4 Å². The molecule has 0 unspecified atom stereocenters. The second kappa shape index (κ2) is 28.5. The van der Waals surface area contributed by atoms with Crippen LogP contribution < -0.4 is 20.7 Å². The lowest BCUT2D eigenvalue weighted by molar-refractivity contribution is 0.104. The Morgan fingerprint density at radius 2 is 0.420 bits per heavy atom. The Hall–Kier alpha value is -6.58. The highest BCUT2D eigenvalue weighted by Gasteiger charge is 2.72. The van der Waals surface area contributed by atoms with Gasteiger partial charge in [0.05, 0.1) is 0 Å². The Morgan fingerprint density at radius 3 is 0.580 bits per heavy atom. The normalized spacial score (nSPS) is 19.6. The first-order chi connectivity index (χ1) is 41.9. The van der Waals surface area contributed by atoms with Crippen LogP contribution in [0.3, 0.4) is 0 Å². The minimum Gasteiger partial charge on any atom is -0.413 e. The molecule has 1 fully saturated rings. The van der Waals surface area contributed by atoms with Crippen molar-refractivity contribution in [3.05, 3.63) is 263 Å². The van der Waals surface area contributed by atoms with Crippen LogP contribution in [0.4, 0.5) is 0 Å². The monoisotopic (exact) mass is 1300 g/mol. The van der Waals surface area contributed by atoms with E-state index in [9.17, 15) is 0 Å². The summed E-state index contributed by atoms with van der Waals surface area (Å²) in [5.74, 6) is 27.3. The first-order valence-corrected chi connectivity index (χ1v) is 50.6. The molecular weight excluding hydrogens is 1220 g/mol. The quantitative estimate of drug-likeness (QED) is 0.0700. The summed E-state index contributed by atoms with van der Waals surface area (Å²) in [7, 11) is -29.3. The Morgan fingerprint density at radius 1 is 0.250 bits per heavy atom. The van der Waals surface area contributed by atoms with Gasteiger partial charge in [-0.3, -0.25) is 0 Å². The van der Waals surface area contributed by atoms with Gasteiger partial charge in [0, 0.05) is 68.7 Å². The third-order valence-corrected chi connectivity index (χ3v) is 40.1. The predicted molar refractivity (Wildman–Crippen MR) is 377 cm³/mol. The molecule has 1 heterocycles. The molecule has 0 saturated carbocycles. The van der Waals surface area contributed by atoms with Gasteiger partial charge in [-0.25, -0.2) is 0 Å². The zero-order valence-electron chi connectivity index (χ0n) is 52.9. The fourth-order valence-corrected chi connectivity index (χ4v) is 42.7. The molecule has 0 amide bonds. The molecule has 0 aromatic heterocycles. The van der Waals surface area contributed by atoms with Crippen molar-refractivity contribution in [3.8, 4) is 47.4 Å². The van der Waals surface area contributed by atoms with Crippen LogP contribution in [0.15, 0.2) is 218 Å². The van der Waals surface area contributed by atoms with Gasteiger partial charge in [0.15, 0.2) is 33.3 Å². The van der Waals surface area contributed by atoms with Gasteiger partial charge in [-0.15, -0.1) is 0 Å². The summed E-state index contributed by atoms with van der Waals surface area (Å²) in [4.78, 5) is 0. The Labute approximate surface area is 533 Å². The molecule has 0 atom stereocenters. The Balaban J connectivity index is 1.31. The molecule has 16 heteroatoms.